The normalized spacial score (nSPS) is 10.8. The van der Waals surface area contributed by atoms with Gasteiger partial charge in [0.25, 0.3) is 0 Å². The van der Waals surface area contributed by atoms with E-state index in [9.17, 15) is 0 Å². The smallest absolute Gasteiger partial charge is 0.235 e. The Labute approximate surface area is 92.4 Å². The number of aromatic nitrogens is 3. The summed E-state index contributed by atoms with van der Waals surface area (Å²) in [5, 5.41) is 0. The molecule has 0 unspecified atom stereocenters. The first-order chi connectivity index (χ1) is 7.83. The molecule has 0 amide bonds. The summed E-state index contributed by atoms with van der Waals surface area (Å²) in [5.74, 6) is 1.11. The van der Waals surface area contributed by atoms with Crippen molar-refractivity contribution in [1.82, 2.24) is 14.4 Å². The van der Waals surface area contributed by atoms with Crippen LogP contribution in [-0.4, -0.2) is 14.4 Å². The Hall–Kier alpha value is -2.36. The monoisotopic (exact) mass is 210 g/mol. The highest BCUT2D eigenvalue weighted by Gasteiger charge is 2.02. The van der Waals surface area contributed by atoms with E-state index in [1.807, 2.05) is 40.9 Å². The van der Waals surface area contributed by atoms with Gasteiger partial charge >= 0.3 is 0 Å². The van der Waals surface area contributed by atoms with Gasteiger partial charge in [-0.25, -0.2) is 4.98 Å². The van der Waals surface area contributed by atoms with Gasteiger partial charge in [-0.3, -0.25) is 4.40 Å². The number of anilines is 1. The molecule has 16 heavy (non-hydrogen) atoms. The fourth-order valence-electron chi connectivity index (χ4n) is 1.68. The molecular formula is C12H10N4. The van der Waals surface area contributed by atoms with Crippen LogP contribution in [0, 0.1) is 0 Å². The van der Waals surface area contributed by atoms with Crippen molar-refractivity contribution in [2.75, 3.05) is 5.73 Å². The minimum atomic E-state index is 0.484. The van der Waals surface area contributed by atoms with Crippen LogP contribution in [0.5, 0.6) is 0 Å². The molecule has 78 valence electrons. The van der Waals surface area contributed by atoms with E-state index in [0.717, 1.165) is 11.1 Å². The molecule has 1 aromatic carbocycles. The van der Waals surface area contributed by atoms with Gasteiger partial charge in [0.1, 0.15) is 5.82 Å². The summed E-state index contributed by atoms with van der Waals surface area (Å²) >= 11 is 0. The molecule has 0 spiro atoms. The highest BCUT2D eigenvalue weighted by Crippen LogP contribution is 2.18. The zero-order valence-corrected chi connectivity index (χ0v) is 8.54. The SMILES string of the molecule is Nc1cn2cc(-c3ccccc3)cnc2n1. The van der Waals surface area contributed by atoms with Crippen molar-refractivity contribution in [2.24, 2.45) is 0 Å². The minimum absolute atomic E-state index is 0.484. The first-order valence-corrected chi connectivity index (χ1v) is 4.98. The summed E-state index contributed by atoms with van der Waals surface area (Å²) in [4.78, 5) is 8.33. The zero-order chi connectivity index (χ0) is 11.0. The summed E-state index contributed by atoms with van der Waals surface area (Å²) in [6, 6.07) is 10.1. The van der Waals surface area contributed by atoms with E-state index in [0.29, 0.717) is 11.6 Å². The van der Waals surface area contributed by atoms with Crippen molar-refractivity contribution in [3.05, 3.63) is 48.9 Å². The Morgan fingerprint density at radius 3 is 2.62 bits per heavy atom. The Morgan fingerprint density at radius 1 is 1.00 bits per heavy atom. The molecule has 4 nitrogen and oxygen atoms in total. The Kier molecular flexibility index (Phi) is 1.86. The van der Waals surface area contributed by atoms with Gasteiger partial charge in [-0.2, -0.15) is 4.98 Å². The fraction of sp³-hybridized carbons (Fsp3) is 0. The maximum atomic E-state index is 5.61. The third-order valence-electron chi connectivity index (χ3n) is 2.44. The lowest BCUT2D eigenvalue weighted by Crippen LogP contribution is -1.88. The molecule has 0 atom stereocenters. The van der Waals surface area contributed by atoms with Crippen molar-refractivity contribution in [2.45, 2.75) is 0 Å². The van der Waals surface area contributed by atoms with E-state index < -0.39 is 0 Å². The average Bonchev–Trinajstić information content (AvgIpc) is 2.69. The number of fused-ring (bicyclic) bond motifs is 1. The van der Waals surface area contributed by atoms with Crippen molar-refractivity contribution in [3.8, 4) is 11.1 Å². The maximum absolute atomic E-state index is 5.61. The lowest BCUT2D eigenvalue weighted by molar-refractivity contribution is 1.11. The number of hydrogen-bond acceptors (Lipinski definition) is 3. The molecule has 3 rings (SSSR count). The molecule has 2 aromatic heterocycles. The van der Waals surface area contributed by atoms with Gasteiger partial charge in [0, 0.05) is 18.0 Å². The molecule has 3 aromatic rings. The van der Waals surface area contributed by atoms with Gasteiger partial charge < -0.3 is 5.73 Å². The van der Waals surface area contributed by atoms with E-state index in [1.54, 1.807) is 12.4 Å². The third kappa shape index (κ3) is 1.40. The van der Waals surface area contributed by atoms with Crippen LogP contribution in [-0.2, 0) is 0 Å². The third-order valence-corrected chi connectivity index (χ3v) is 2.44. The van der Waals surface area contributed by atoms with E-state index in [4.69, 9.17) is 5.73 Å². The molecule has 0 saturated heterocycles. The second-order valence-electron chi connectivity index (χ2n) is 3.58. The standard InChI is InChI=1S/C12H10N4/c13-11-8-16-7-10(6-14-12(16)15-11)9-4-2-1-3-5-9/h1-8H,13H2. The van der Waals surface area contributed by atoms with Crippen molar-refractivity contribution < 1.29 is 0 Å². The molecule has 0 aliphatic rings. The summed E-state index contributed by atoms with van der Waals surface area (Å²) in [5.41, 5.74) is 7.78. The number of nitrogen functional groups attached to an aromatic ring is 1. The summed E-state index contributed by atoms with van der Waals surface area (Å²) in [6.45, 7) is 0. The molecule has 4 heteroatoms. The van der Waals surface area contributed by atoms with Gasteiger partial charge in [0.15, 0.2) is 0 Å². The van der Waals surface area contributed by atoms with Crippen LogP contribution >= 0.6 is 0 Å². The number of benzene rings is 1. The van der Waals surface area contributed by atoms with E-state index in [1.165, 1.54) is 0 Å². The van der Waals surface area contributed by atoms with Crippen LogP contribution in [0.3, 0.4) is 0 Å². The van der Waals surface area contributed by atoms with Crippen molar-refractivity contribution in [1.29, 1.82) is 0 Å². The van der Waals surface area contributed by atoms with Crippen molar-refractivity contribution in [3.63, 3.8) is 0 Å². The summed E-state index contributed by atoms with van der Waals surface area (Å²) in [6.07, 6.45) is 5.53. The van der Waals surface area contributed by atoms with E-state index in [-0.39, 0.29) is 0 Å². The highest BCUT2D eigenvalue weighted by atomic mass is 15.1. The lowest BCUT2D eigenvalue weighted by atomic mass is 10.1. The molecule has 0 bridgehead atoms. The van der Waals surface area contributed by atoms with Gasteiger partial charge in [0.2, 0.25) is 5.78 Å². The van der Waals surface area contributed by atoms with E-state index >= 15 is 0 Å². The predicted molar refractivity (Wildman–Crippen MR) is 62.8 cm³/mol. The molecule has 0 aliphatic carbocycles. The van der Waals surface area contributed by atoms with Crippen LogP contribution in [0.25, 0.3) is 16.9 Å². The molecule has 2 N–H and O–H groups in total. The quantitative estimate of drug-likeness (QED) is 0.668. The average molecular weight is 210 g/mol. The summed E-state index contributed by atoms with van der Waals surface area (Å²) in [7, 11) is 0. The van der Waals surface area contributed by atoms with Crippen LogP contribution < -0.4 is 5.73 Å². The lowest BCUT2D eigenvalue weighted by Gasteiger charge is -2.00. The van der Waals surface area contributed by atoms with Gasteiger partial charge in [-0.05, 0) is 5.56 Å². The molecule has 0 radical (unpaired) electrons. The summed E-state index contributed by atoms with van der Waals surface area (Å²) < 4.78 is 1.83. The number of nitrogens with two attached hydrogens (primary N) is 1. The first kappa shape index (κ1) is 8.91. The minimum Gasteiger partial charge on any atom is -0.382 e. The van der Waals surface area contributed by atoms with E-state index in [2.05, 4.69) is 9.97 Å². The first-order valence-electron chi connectivity index (χ1n) is 4.98. The highest BCUT2D eigenvalue weighted by molar-refractivity contribution is 5.62. The Morgan fingerprint density at radius 2 is 1.81 bits per heavy atom. The zero-order valence-electron chi connectivity index (χ0n) is 8.54. The number of hydrogen-bond donors (Lipinski definition) is 1. The second kappa shape index (κ2) is 3.34. The van der Waals surface area contributed by atoms with Crippen LogP contribution in [0.15, 0.2) is 48.9 Å². The number of imidazole rings is 1. The second-order valence-corrected chi connectivity index (χ2v) is 3.58. The van der Waals surface area contributed by atoms with Crippen LogP contribution in [0.2, 0.25) is 0 Å². The molecule has 0 aliphatic heterocycles. The topological polar surface area (TPSA) is 56.2 Å². The van der Waals surface area contributed by atoms with Crippen LogP contribution in [0.4, 0.5) is 5.82 Å². The molecule has 2 heterocycles. The van der Waals surface area contributed by atoms with Crippen molar-refractivity contribution >= 4 is 11.6 Å². The maximum Gasteiger partial charge on any atom is 0.235 e. The number of nitrogens with zero attached hydrogens (tertiary/aromatic N) is 3. The fourth-order valence-corrected chi connectivity index (χ4v) is 1.68. The Balaban J connectivity index is 2.18. The van der Waals surface area contributed by atoms with Gasteiger partial charge in [-0.15, -0.1) is 0 Å². The molecule has 0 saturated carbocycles. The van der Waals surface area contributed by atoms with Gasteiger partial charge in [-0.1, -0.05) is 30.3 Å². The Bertz CT molecular complexity index is 628. The van der Waals surface area contributed by atoms with Crippen LogP contribution in [0.1, 0.15) is 0 Å². The predicted octanol–water partition coefficient (Wildman–Crippen LogP) is 1.98. The molecule has 0 fully saturated rings. The number of rotatable bonds is 1. The van der Waals surface area contributed by atoms with Gasteiger partial charge in [0.05, 0.1) is 6.20 Å². The largest absolute Gasteiger partial charge is 0.382 e. The molecular weight excluding hydrogens is 200 g/mol.